The number of urea groups is 1. The molecule has 4 N–H and O–H groups in total. The van der Waals surface area contributed by atoms with Crippen LogP contribution in [0.25, 0.3) is 28.2 Å². The van der Waals surface area contributed by atoms with Crippen molar-refractivity contribution in [2.75, 3.05) is 38.2 Å². The third-order valence-corrected chi connectivity index (χ3v) is 9.42. The minimum Gasteiger partial charge on any atom is -0.465 e. The molecule has 47 heavy (non-hydrogen) atoms. The molecule has 244 valence electrons. The van der Waals surface area contributed by atoms with Gasteiger partial charge in [0.1, 0.15) is 11.8 Å². The monoisotopic (exact) mass is 639 g/mol. The van der Waals surface area contributed by atoms with Gasteiger partial charge in [-0.2, -0.15) is 10.4 Å². The zero-order valence-electron chi connectivity index (χ0n) is 25.9. The molecule has 4 aromatic heterocycles. The van der Waals surface area contributed by atoms with Crippen molar-refractivity contribution in [3.05, 3.63) is 48.4 Å². The molecule has 2 saturated carbocycles. The Morgan fingerprint density at radius 1 is 1.04 bits per heavy atom. The first-order chi connectivity index (χ1) is 22.9. The van der Waals surface area contributed by atoms with Gasteiger partial charge in [-0.1, -0.05) is 5.21 Å². The van der Waals surface area contributed by atoms with E-state index >= 15 is 0 Å². The first kappa shape index (κ1) is 30.4. The molecule has 15 heteroatoms. The van der Waals surface area contributed by atoms with Gasteiger partial charge in [-0.3, -0.25) is 4.98 Å². The number of carbonyl (C=O) groups excluding carboxylic acids is 1. The summed E-state index contributed by atoms with van der Waals surface area (Å²) < 4.78 is 9.05. The lowest BCUT2D eigenvalue weighted by Gasteiger charge is -2.36. The molecule has 5 heterocycles. The number of carbonyl (C=O) groups is 2. The van der Waals surface area contributed by atoms with Crippen molar-refractivity contribution < 1.29 is 19.4 Å². The molecule has 4 aromatic rings. The molecule has 0 bridgehead atoms. The molecule has 3 aliphatic rings. The predicted molar refractivity (Wildman–Crippen MR) is 171 cm³/mol. The number of nitriles is 1. The van der Waals surface area contributed by atoms with Gasteiger partial charge in [0, 0.05) is 49.2 Å². The summed E-state index contributed by atoms with van der Waals surface area (Å²) >= 11 is 0. The van der Waals surface area contributed by atoms with E-state index in [1.165, 1.54) is 6.20 Å². The number of carboxylic acid groups (broad SMARTS) is 1. The van der Waals surface area contributed by atoms with Crippen molar-refractivity contribution in [1.29, 1.82) is 5.26 Å². The molecule has 0 unspecified atom stereocenters. The van der Waals surface area contributed by atoms with Gasteiger partial charge in [0.25, 0.3) is 0 Å². The second-order valence-electron chi connectivity index (χ2n) is 12.5. The normalized spacial score (nSPS) is 22.7. The van der Waals surface area contributed by atoms with E-state index in [2.05, 4.69) is 37.4 Å². The second-order valence-corrected chi connectivity index (χ2v) is 12.5. The molecule has 1 aliphatic heterocycles. The molecule has 15 nitrogen and oxygen atoms in total. The fraction of sp³-hybridized carbons (Fsp3) is 0.469. The summed E-state index contributed by atoms with van der Waals surface area (Å²) in [5.41, 5.74) is 5.16. The van der Waals surface area contributed by atoms with E-state index in [9.17, 15) is 14.9 Å². The topological polar surface area (TPSA) is 188 Å². The first-order valence-electron chi connectivity index (χ1n) is 16.1. The number of nitrogens with zero attached hydrogens (tertiary/aromatic N) is 8. The number of fused-ring (bicyclic) bond motifs is 1. The molecule has 0 radical (unpaired) electrons. The Labute approximate surface area is 270 Å². The SMILES string of the molecule is N#Cc1cnn2c(-c3cc(NC4CC(CNC(=O)O)C4)c(-c4cn(C5CCC(NC(=O)N6CCOCC6)CC5)nn4)cn3)ccc2c1. The molecular formula is C32H37N11O4. The molecule has 0 aromatic carbocycles. The van der Waals surface area contributed by atoms with Crippen molar-refractivity contribution in [3.8, 4) is 28.7 Å². The number of rotatable bonds is 8. The lowest BCUT2D eigenvalue weighted by molar-refractivity contribution is 0.0519. The minimum atomic E-state index is -1.01. The number of morpholine rings is 1. The summed E-state index contributed by atoms with van der Waals surface area (Å²) in [5, 5.41) is 41.1. The smallest absolute Gasteiger partial charge is 0.404 e. The summed E-state index contributed by atoms with van der Waals surface area (Å²) in [4.78, 5) is 30.2. The number of amides is 3. The number of anilines is 1. The van der Waals surface area contributed by atoms with Crippen LogP contribution in [0.5, 0.6) is 0 Å². The third-order valence-electron chi connectivity index (χ3n) is 9.42. The Balaban J connectivity index is 1.07. The number of nitrogens with one attached hydrogen (secondary N) is 3. The molecule has 1 saturated heterocycles. The van der Waals surface area contributed by atoms with E-state index in [1.807, 2.05) is 34.0 Å². The van der Waals surface area contributed by atoms with Crippen LogP contribution in [0.15, 0.2) is 42.9 Å². The van der Waals surface area contributed by atoms with Crippen molar-refractivity contribution >= 4 is 23.3 Å². The van der Waals surface area contributed by atoms with Gasteiger partial charge in [0.15, 0.2) is 0 Å². The predicted octanol–water partition coefficient (Wildman–Crippen LogP) is 3.51. The van der Waals surface area contributed by atoms with Crippen LogP contribution in [-0.4, -0.2) is 96.7 Å². The highest BCUT2D eigenvalue weighted by Gasteiger charge is 2.31. The van der Waals surface area contributed by atoms with Gasteiger partial charge in [0.2, 0.25) is 0 Å². The lowest BCUT2D eigenvalue weighted by Crippen LogP contribution is -2.49. The average molecular weight is 640 g/mol. The van der Waals surface area contributed by atoms with Crippen LogP contribution in [0.3, 0.4) is 0 Å². The number of ether oxygens (including phenoxy) is 1. The second kappa shape index (κ2) is 13.2. The maximum Gasteiger partial charge on any atom is 0.404 e. The van der Waals surface area contributed by atoms with Gasteiger partial charge in [-0.25, -0.2) is 18.8 Å². The number of hydrogen-bond donors (Lipinski definition) is 4. The van der Waals surface area contributed by atoms with E-state index in [1.54, 1.807) is 16.8 Å². The highest BCUT2D eigenvalue weighted by Crippen LogP contribution is 2.36. The van der Waals surface area contributed by atoms with Crippen LogP contribution in [0.1, 0.15) is 50.1 Å². The summed E-state index contributed by atoms with van der Waals surface area (Å²) in [7, 11) is 0. The molecule has 7 rings (SSSR count). The van der Waals surface area contributed by atoms with E-state index in [4.69, 9.17) is 14.8 Å². The summed E-state index contributed by atoms with van der Waals surface area (Å²) in [6.07, 6.45) is 9.47. The molecule has 0 atom stereocenters. The first-order valence-corrected chi connectivity index (χ1v) is 16.1. The lowest BCUT2D eigenvalue weighted by atomic mass is 9.80. The zero-order valence-corrected chi connectivity index (χ0v) is 25.9. The van der Waals surface area contributed by atoms with Crippen LogP contribution < -0.4 is 16.0 Å². The molecule has 3 amide bonds. The maximum absolute atomic E-state index is 12.7. The van der Waals surface area contributed by atoms with Gasteiger partial charge in [0.05, 0.1) is 54.1 Å². The summed E-state index contributed by atoms with van der Waals surface area (Å²) in [6, 6.07) is 10.2. The molecule has 0 spiro atoms. The standard InChI is InChI=1S/C32H37N11O4/c33-15-21-13-25-5-6-30(43(25)36-17-21)28-14-27(37-23-11-20(12-23)16-35-32(45)46)26(18-34-28)29-19-42(40-39-29)24-3-1-22(2-4-24)38-31(44)41-7-9-47-10-8-41/h5-6,13-14,17-20,22-24,35H,1-4,7-12,16H2,(H,34,37)(H,38,44)(H,45,46). The molecule has 3 fully saturated rings. The van der Waals surface area contributed by atoms with Gasteiger partial charge in [-0.15, -0.1) is 5.10 Å². The van der Waals surface area contributed by atoms with Crippen LogP contribution in [-0.2, 0) is 4.74 Å². The van der Waals surface area contributed by atoms with Gasteiger partial charge < -0.3 is 30.7 Å². The van der Waals surface area contributed by atoms with Crippen molar-refractivity contribution in [1.82, 2.24) is 45.1 Å². The summed E-state index contributed by atoms with van der Waals surface area (Å²) in [6.45, 7) is 2.85. The number of pyridine rings is 1. The Bertz CT molecular complexity index is 1790. The Morgan fingerprint density at radius 2 is 1.85 bits per heavy atom. The van der Waals surface area contributed by atoms with Crippen LogP contribution >= 0.6 is 0 Å². The van der Waals surface area contributed by atoms with Crippen molar-refractivity contribution in [2.24, 2.45) is 5.92 Å². The van der Waals surface area contributed by atoms with E-state index in [0.717, 1.165) is 61.0 Å². The minimum absolute atomic E-state index is 0.0115. The number of hydrogen-bond acceptors (Lipinski definition) is 9. The average Bonchev–Trinajstić information content (AvgIpc) is 3.74. The van der Waals surface area contributed by atoms with E-state index in [-0.39, 0.29) is 30.1 Å². The quantitative estimate of drug-likeness (QED) is 0.222. The van der Waals surface area contributed by atoms with Crippen molar-refractivity contribution in [3.63, 3.8) is 0 Å². The summed E-state index contributed by atoms with van der Waals surface area (Å²) in [5.74, 6) is 0.274. The molecular weight excluding hydrogens is 602 g/mol. The Hall–Kier alpha value is -5.23. The zero-order chi connectivity index (χ0) is 32.3. The highest BCUT2D eigenvalue weighted by atomic mass is 16.5. The largest absolute Gasteiger partial charge is 0.465 e. The van der Waals surface area contributed by atoms with Gasteiger partial charge >= 0.3 is 12.1 Å². The maximum atomic E-state index is 12.7. The van der Waals surface area contributed by atoms with Crippen LogP contribution in [0.4, 0.5) is 15.3 Å². The fourth-order valence-corrected chi connectivity index (χ4v) is 6.74. The van der Waals surface area contributed by atoms with E-state index in [0.29, 0.717) is 49.8 Å². The van der Waals surface area contributed by atoms with Crippen LogP contribution in [0, 0.1) is 17.2 Å². The third kappa shape index (κ3) is 6.68. The molecule has 2 aliphatic carbocycles. The van der Waals surface area contributed by atoms with E-state index < -0.39 is 6.09 Å². The van der Waals surface area contributed by atoms with Crippen LogP contribution in [0.2, 0.25) is 0 Å². The van der Waals surface area contributed by atoms with Crippen molar-refractivity contribution in [2.45, 2.75) is 56.7 Å². The fourth-order valence-electron chi connectivity index (χ4n) is 6.74. The van der Waals surface area contributed by atoms with Gasteiger partial charge in [-0.05, 0) is 68.7 Å². The number of aromatic nitrogens is 6. The Kier molecular flexibility index (Phi) is 8.58. The Morgan fingerprint density at radius 3 is 2.62 bits per heavy atom. The highest BCUT2D eigenvalue weighted by molar-refractivity contribution is 5.79.